The van der Waals surface area contributed by atoms with Gasteiger partial charge < -0.3 is 14.5 Å². The van der Waals surface area contributed by atoms with Crippen molar-refractivity contribution in [1.29, 1.82) is 0 Å². The van der Waals surface area contributed by atoms with Gasteiger partial charge in [-0.25, -0.2) is 0 Å². The van der Waals surface area contributed by atoms with Gasteiger partial charge in [-0.2, -0.15) is 4.68 Å². The summed E-state index contributed by atoms with van der Waals surface area (Å²) in [4.78, 5) is 29.1. The Kier molecular flexibility index (Phi) is 3.94. The Labute approximate surface area is 162 Å². The largest absolute Gasteiger partial charge is 0.353 e. The lowest BCUT2D eigenvalue weighted by Crippen LogP contribution is -2.56. The summed E-state index contributed by atoms with van der Waals surface area (Å²) >= 11 is 0. The van der Waals surface area contributed by atoms with Crippen molar-refractivity contribution in [3.8, 4) is 5.69 Å². The van der Waals surface area contributed by atoms with Crippen molar-refractivity contribution in [2.45, 2.75) is 44.4 Å². The Bertz CT molecular complexity index is 926. The molecule has 0 saturated carbocycles. The van der Waals surface area contributed by atoms with Gasteiger partial charge in [0.25, 0.3) is 0 Å². The second kappa shape index (κ2) is 6.37. The number of hydrogen-bond donors (Lipinski definition) is 0. The molecule has 2 amide bonds. The Morgan fingerprint density at radius 1 is 1.29 bits per heavy atom. The van der Waals surface area contributed by atoms with Gasteiger partial charge in [-0.05, 0) is 41.5 Å². The number of carbonyl (C=O) groups excluding carboxylic acids is 2. The van der Waals surface area contributed by atoms with Crippen LogP contribution in [0.4, 0.5) is 0 Å². The zero-order valence-corrected chi connectivity index (χ0v) is 15.7. The number of aromatic nitrogens is 4. The summed E-state index contributed by atoms with van der Waals surface area (Å²) in [5, 5.41) is 11.5. The van der Waals surface area contributed by atoms with Crippen LogP contribution in [0.2, 0.25) is 0 Å². The number of nitrogens with zero attached hydrogens (tertiary/aromatic N) is 6. The molecule has 3 fully saturated rings. The molecule has 0 radical (unpaired) electrons. The second-order valence-electron chi connectivity index (χ2n) is 7.63. The van der Waals surface area contributed by atoms with Gasteiger partial charge >= 0.3 is 0 Å². The highest BCUT2D eigenvalue weighted by molar-refractivity contribution is 5.85. The molecule has 1 aromatic heterocycles. The van der Waals surface area contributed by atoms with Gasteiger partial charge in [0, 0.05) is 19.5 Å². The minimum Gasteiger partial charge on any atom is -0.353 e. The number of likely N-dealkylation sites (tertiary alicyclic amines) is 1. The minimum absolute atomic E-state index is 0.0389. The molecule has 3 aliphatic rings. The van der Waals surface area contributed by atoms with Crippen LogP contribution in [0.5, 0.6) is 0 Å². The molecule has 4 heterocycles. The fourth-order valence-electron chi connectivity index (χ4n) is 4.75. The molecule has 0 unspecified atom stereocenters. The van der Waals surface area contributed by atoms with Crippen LogP contribution in [-0.4, -0.2) is 73.3 Å². The van der Waals surface area contributed by atoms with E-state index in [4.69, 9.17) is 4.74 Å². The Hall–Kier alpha value is -2.81. The smallest absolute Gasteiger partial charge is 0.227 e. The van der Waals surface area contributed by atoms with Gasteiger partial charge in [-0.3, -0.25) is 9.59 Å². The van der Waals surface area contributed by atoms with Crippen LogP contribution >= 0.6 is 0 Å². The molecule has 2 aromatic rings. The second-order valence-corrected chi connectivity index (χ2v) is 7.63. The SMILES string of the molecule is Cc1nnnn1-c1ccc(CC(=O)N2CC[C@@]34OCCCN3C(=O)C[C@@H]24)cc1. The summed E-state index contributed by atoms with van der Waals surface area (Å²) in [6.07, 6.45) is 2.23. The first-order valence-corrected chi connectivity index (χ1v) is 9.67. The van der Waals surface area contributed by atoms with E-state index in [9.17, 15) is 9.59 Å². The van der Waals surface area contributed by atoms with E-state index in [2.05, 4.69) is 15.5 Å². The van der Waals surface area contributed by atoms with Crippen molar-refractivity contribution in [1.82, 2.24) is 30.0 Å². The normalized spacial score (nSPS) is 26.5. The first kappa shape index (κ1) is 17.3. The van der Waals surface area contributed by atoms with Gasteiger partial charge in [0.15, 0.2) is 11.5 Å². The maximum atomic E-state index is 13.0. The molecular formula is C19H22N6O3. The molecule has 1 aromatic carbocycles. The first-order valence-electron chi connectivity index (χ1n) is 9.67. The van der Waals surface area contributed by atoms with Crippen molar-refractivity contribution in [3.05, 3.63) is 35.7 Å². The third-order valence-corrected chi connectivity index (χ3v) is 6.09. The fraction of sp³-hybridized carbons (Fsp3) is 0.526. The molecule has 3 saturated heterocycles. The van der Waals surface area contributed by atoms with Crippen LogP contribution in [0.15, 0.2) is 24.3 Å². The van der Waals surface area contributed by atoms with Crippen molar-refractivity contribution >= 4 is 11.8 Å². The Morgan fingerprint density at radius 2 is 2.11 bits per heavy atom. The van der Waals surface area contributed by atoms with Crippen molar-refractivity contribution < 1.29 is 14.3 Å². The van der Waals surface area contributed by atoms with Crippen LogP contribution in [-0.2, 0) is 20.7 Å². The number of tetrazole rings is 1. The van der Waals surface area contributed by atoms with E-state index in [1.54, 1.807) is 4.68 Å². The van der Waals surface area contributed by atoms with Crippen LogP contribution in [0.1, 0.15) is 30.7 Å². The van der Waals surface area contributed by atoms with E-state index in [0.29, 0.717) is 38.2 Å². The van der Waals surface area contributed by atoms with Crippen molar-refractivity contribution in [2.24, 2.45) is 0 Å². The predicted octanol–water partition coefficient (Wildman–Crippen LogP) is 0.463. The highest BCUT2D eigenvalue weighted by Crippen LogP contribution is 2.44. The van der Waals surface area contributed by atoms with Crippen LogP contribution < -0.4 is 0 Å². The van der Waals surface area contributed by atoms with Gasteiger partial charge in [-0.1, -0.05) is 12.1 Å². The van der Waals surface area contributed by atoms with Crippen molar-refractivity contribution in [3.63, 3.8) is 0 Å². The molecule has 1 spiro atoms. The summed E-state index contributed by atoms with van der Waals surface area (Å²) in [7, 11) is 0. The lowest BCUT2D eigenvalue weighted by Gasteiger charge is -2.42. The predicted molar refractivity (Wildman–Crippen MR) is 97.3 cm³/mol. The van der Waals surface area contributed by atoms with Crippen LogP contribution in [0.25, 0.3) is 5.69 Å². The standard InChI is InChI=1S/C19H22N6O3/c1-13-20-21-22-25(13)15-5-3-14(4-6-15)11-17(26)23-9-7-19-16(23)12-18(27)24(19)8-2-10-28-19/h3-6,16H,2,7-12H2,1H3/t16-,19+/m1/s1. The third-order valence-electron chi connectivity index (χ3n) is 6.09. The van der Waals surface area contributed by atoms with E-state index < -0.39 is 5.72 Å². The zero-order valence-electron chi connectivity index (χ0n) is 15.7. The number of aryl methyl sites for hydroxylation is 1. The summed E-state index contributed by atoms with van der Waals surface area (Å²) in [6.45, 7) is 3.85. The zero-order chi connectivity index (χ0) is 19.3. The molecule has 0 bridgehead atoms. The number of ether oxygens (including phenoxy) is 1. The lowest BCUT2D eigenvalue weighted by atomic mass is 10.0. The quantitative estimate of drug-likeness (QED) is 0.766. The fourth-order valence-corrected chi connectivity index (χ4v) is 4.75. The van der Waals surface area contributed by atoms with Crippen LogP contribution in [0, 0.1) is 6.92 Å². The minimum atomic E-state index is -0.591. The lowest BCUT2D eigenvalue weighted by molar-refractivity contribution is -0.181. The number of amides is 2. The van der Waals surface area contributed by atoms with E-state index in [1.807, 2.05) is 41.0 Å². The van der Waals surface area contributed by atoms with Gasteiger partial charge in [-0.15, -0.1) is 5.10 Å². The molecule has 5 rings (SSSR count). The van der Waals surface area contributed by atoms with E-state index in [1.165, 1.54) is 0 Å². The number of carbonyl (C=O) groups is 2. The summed E-state index contributed by atoms with van der Waals surface area (Å²) in [5.74, 6) is 0.842. The Morgan fingerprint density at radius 3 is 2.86 bits per heavy atom. The number of benzene rings is 1. The maximum Gasteiger partial charge on any atom is 0.227 e. The van der Waals surface area contributed by atoms with Crippen molar-refractivity contribution in [2.75, 3.05) is 19.7 Å². The topological polar surface area (TPSA) is 93.4 Å². The Balaban J connectivity index is 1.31. The highest BCUT2D eigenvalue weighted by atomic mass is 16.5. The average molecular weight is 382 g/mol. The highest BCUT2D eigenvalue weighted by Gasteiger charge is 2.61. The molecular weight excluding hydrogens is 360 g/mol. The van der Waals surface area contributed by atoms with E-state index in [-0.39, 0.29) is 17.9 Å². The van der Waals surface area contributed by atoms with Crippen LogP contribution in [0.3, 0.4) is 0 Å². The summed E-state index contributed by atoms with van der Waals surface area (Å²) in [6, 6.07) is 7.48. The first-order chi connectivity index (χ1) is 13.6. The third kappa shape index (κ3) is 2.53. The number of rotatable bonds is 3. The number of hydrogen-bond acceptors (Lipinski definition) is 6. The molecule has 3 aliphatic heterocycles. The molecule has 9 nitrogen and oxygen atoms in total. The van der Waals surface area contributed by atoms with Gasteiger partial charge in [0.1, 0.15) is 0 Å². The molecule has 28 heavy (non-hydrogen) atoms. The average Bonchev–Trinajstić information content (AvgIpc) is 3.34. The van der Waals surface area contributed by atoms with E-state index >= 15 is 0 Å². The monoisotopic (exact) mass is 382 g/mol. The molecule has 2 atom stereocenters. The van der Waals surface area contributed by atoms with Gasteiger partial charge in [0.05, 0.1) is 31.2 Å². The molecule has 9 heteroatoms. The van der Waals surface area contributed by atoms with E-state index in [0.717, 1.165) is 24.2 Å². The molecule has 0 N–H and O–H groups in total. The molecule has 0 aliphatic carbocycles. The van der Waals surface area contributed by atoms with Gasteiger partial charge in [0.2, 0.25) is 11.8 Å². The summed E-state index contributed by atoms with van der Waals surface area (Å²) < 4.78 is 7.72. The maximum absolute atomic E-state index is 13.0. The summed E-state index contributed by atoms with van der Waals surface area (Å²) in [5.41, 5.74) is 1.18. The molecule has 146 valence electrons.